The molecule has 1 atom stereocenters. The lowest BCUT2D eigenvalue weighted by atomic mass is 10.0. The molecule has 42 heavy (non-hydrogen) atoms. The molecule has 1 fully saturated rings. The number of carbonyl (C=O) groups excluding carboxylic acids is 1. The summed E-state index contributed by atoms with van der Waals surface area (Å²) in [6.07, 6.45) is 2.57. The van der Waals surface area contributed by atoms with Gasteiger partial charge in [-0.3, -0.25) is 0 Å². The maximum atomic E-state index is 15.5. The molecule has 5 aromatic rings. The average Bonchev–Trinajstić information content (AvgIpc) is 3.31. The summed E-state index contributed by atoms with van der Waals surface area (Å²) in [6, 6.07) is 16.0. The smallest absolute Gasteiger partial charge is 0.337 e. The number of nitrogens with zero attached hydrogens (tertiary/aromatic N) is 4. The molecule has 8 nitrogen and oxygen atoms in total. The number of esters is 1. The number of hydrogen-bond donors (Lipinski definition) is 0. The van der Waals surface area contributed by atoms with Gasteiger partial charge in [0, 0.05) is 36.4 Å². The molecule has 0 amide bonds. The Balaban J connectivity index is 1.27. The second-order valence-electron chi connectivity index (χ2n) is 9.85. The van der Waals surface area contributed by atoms with E-state index in [1.165, 1.54) is 13.2 Å². The van der Waals surface area contributed by atoms with Gasteiger partial charge in [0.05, 0.1) is 42.0 Å². The second kappa shape index (κ2) is 11.9. The highest BCUT2D eigenvalue weighted by atomic mass is 79.9. The summed E-state index contributed by atoms with van der Waals surface area (Å²) in [5, 5.41) is 0. The van der Waals surface area contributed by atoms with E-state index in [9.17, 15) is 4.79 Å². The Morgan fingerprint density at radius 3 is 2.69 bits per heavy atom. The molecule has 0 unspecified atom stereocenters. The van der Waals surface area contributed by atoms with Crippen molar-refractivity contribution in [2.75, 3.05) is 13.7 Å². The molecule has 3 aromatic heterocycles. The van der Waals surface area contributed by atoms with Crippen molar-refractivity contribution in [2.24, 2.45) is 0 Å². The third kappa shape index (κ3) is 5.88. The van der Waals surface area contributed by atoms with E-state index in [2.05, 4.69) is 30.9 Å². The number of aromatic nitrogens is 4. The maximum absolute atomic E-state index is 15.5. The summed E-state index contributed by atoms with van der Waals surface area (Å²) in [7, 11) is 1.32. The van der Waals surface area contributed by atoms with Crippen LogP contribution in [0.5, 0.6) is 5.88 Å². The Kier molecular flexibility index (Phi) is 7.94. The van der Waals surface area contributed by atoms with Crippen molar-refractivity contribution in [1.29, 1.82) is 0 Å². The Bertz CT molecular complexity index is 1770. The molecule has 0 saturated carbocycles. The number of pyridine rings is 2. The number of carbonyl (C=O) groups is 1. The molecule has 214 valence electrons. The monoisotopic (exact) mass is 634 g/mol. The molecule has 0 aliphatic carbocycles. The van der Waals surface area contributed by atoms with Crippen LogP contribution in [0.3, 0.4) is 0 Å². The lowest BCUT2D eigenvalue weighted by Gasteiger charge is -2.27. The average molecular weight is 635 g/mol. The number of methoxy groups -OCH3 is 1. The van der Waals surface area contributed by atoms with Crippen LogP contribution in [0.2, 0.25) is 0 Å². The minimum Gasteiger partial charge on any atom is -0.473 e. The SMILES string of the molecule is COC(=O)c1ccc2nc(Cc3cc(F)c(-c4cccc(OCc5ccc(Br)nc5)n4)cc3F)n(C[C@@H]3CCO3)c2c1. The molecule has 11 heteroatoms. The van der Waals surface area contributed by atoms with Crippen LogP contribution in [0, 0.1) is 11.6 Å². The molecule has 0 N–H and O–H groups in total. The maximum Gasteiger partial charge on any atom is 0.337 e. The number of halogens is 3. The Hall–Kier alpha value is -4.22. The predicted molar refractivity (Wildman–Crippen MR) is 154 cm³/mol. The summed E-state index contributed by atoms with van der Waals surface area (Å²) in [5.41, 5.74) is 2.95. The number of hydrogen-bond acceptors (Lipinski definition) is 7. The number of rotatable bonds is 9. The zero-order valence-corrected chi connectivity index (χ0v) is 24.1. The molecular weight excluding hydrogens is 610 g/mol. The molecule has 1 aliphatic heterocycles. The largest absolute Gasteiger partial charge is 0.473 e. The van der Waals surface area contributed by atoms with Crippen molar-refractivity contribution in [3.63, 3.8) is 0 Å². The minimum absolute atomic E-state index is 0.0195. The number of fused-ring (bicyclic) bond motifs is 1. The molecule has 4 heterocycles. The van der Waals surface area contributed by atoms with Crippen LogP contribution in [0.4, 0.5) is 8.78 Å². The first-order chi connectivity index (χ1) is 20.4. The quantitative estimate of drug-likeness (QED) is 0.139. The summed E-state index contributed by atoms with van der Waals surface area (Å²) >= 11 is 3.29. The van der Waals surface area contributed by atoms with Crippen molar-refractivity contribution in [3.05, 3.63) is 106 Å². The van der Waals surface area contributed by atoms with Crippen molar-refractivity contribution in [1.82, 2.24) is 19.5 Å². The van der Waals surface area contributed by atoms with E-state index >= 15 is 8.78 Å². The lowest BCUT2D eigenvalue weighted by Crippen LogP contribution is -2.31. The highest BCUT2D eigenvalue weighted by Gasteiger charge is 2.24. The molecule has 0 bridgehead atoms. The topological polar surface area (TPSA) is 88.4 Å². The lowest BCUT2D eigenvalue weighted by molar-refractivity contribution is -0.0589. The summed E-state index contributed by atoms with van der Waals surface area (Å²) < 4.78 is 49.8. The van der Waals surface area contributed by atoms with Crippen LogP contribution in [0.1, 0.15) is 33.7 Å². The molecule has 1 saturated heterocycles. The fourth-order valence-electron chi connectivity index (χ4n) is 4.77. The molecule has 2 aromatic carbocycles. The van der Waals surface area contributed by atoms with Crippen LogP contribution >= 0.6 is 15.9 Å². The van der Waals surface area contributed by atoms with Gasteiger partial charge < -0.3 is 18.8 Å². The van der Waals surface area contributed by atoms with Gasteiger partial charge in [-0.05, 0) is 70.4 Å². The first-order valence-electron chi connectivity index (χ1n) is 13.3. The molecule has 1 aliphatic rings. The van der Waals surface area contributed by atoms with Crippen molar-refractivity contribution in [3.8, 4) is 17.1 Å². The first-order valence-corrected chi connectivity index (χ1v) is 14.0. The van der Waals surface area contributed by atoms with E-state index in [0.717, 1.165) is 18.1 Å². The molecule has 6 rings (SSSR count). The van der Waals surface area contributed by atoms with Crippen LogP contribution in [0.15, 0.2) is 71.5 Å². The van der Waals surface area contributed by atoms with Gasteiger partial charge in [0.25, 0.3) is 0 Å². The van der Waals surface area contributed by atoms with E-state index in [-0.39, 0.29) is 41.8 Å². The van der Waals surface area contributed by atoms with Crippen molar-refractivity contribution in [2.45, 2.75) is 32.1 Å². The van der Waals surface area contributed by atoms with E-state index in [1.54, 1.807) is 48.7 Å². The fourth-order valence-corrected chi connectivity index (χ4v) is 5.01. The van der Waals surface area contributed by atoms with Gasteiger partial charge in [-0.25, -0.2) is 28.5 Å². The van der Waals surface area contributed by atoms with Gasteiger partial charge in [0.2, 0.25) is 5.88 Å². The predicted octanol–water partition coefficient (Wildman–Crippen LogP) is 6.28. The van der Waals surface area contributed by atoms with Gasteiger partial charge in [-0.15, -0.1) is 0 Å². The third-order valence-electron chi connectivity index (χ3n) is 7.09. The summed E-state index contributed by atoms with van der Waals surface area (Å²) in [6.45, 7) is 1.37. The van der Waals surface area contributed by atoms with Crippen LogP contribution in [-0.2, 0) is 29.0 Å². The molecule has 0 radical (unpaired) electrons. The third-order valence-corrected chi connectivity index (χ3v) is 7.56. The summed E-state index contributed by atoms with van der Waals surface area (Å²) in [4.78, 5) is 25.4. The van der Waals surface area contributed by atoms with Gasteiger partial charge in [-0.1, -0.05) is 12.1 Å². The van der Waals surface area contributed by atoms with Gasteiger partial charge in [0.1, 0.15) is 28.7 Å². The fraction of sp³-hybridized carbons (Fsp3) is 0.226. The Morgan fingerprint density at radius 1 is 1.10 bits per heavy atom. The number of ether oxygens (including phenoxy) is 3. The first kappa shape index (κ1) is 27.9. The minimum atomic E-state index is -0.619. The highest BCUT2D eigenvalue weighted by Crippen LogP contribution is 2.29. The zero-order chi connectivity index (χ0) is 29.2. The standard InChI is InChI=1S/C31H25BrF2N4O4/c1-40-31(39)19-6-7-26-27(12-19)38(16-21-9-10-41-21)29(36-26)13-20-11-24(34)22(14-23(20)33)25-3-2-4-30(37-25)42-17-18-5-8-28(32)35-15-18/h2-8,11-12,14-15,21H,9-10,13,16-17H2,1H3/t21-/m0/s1. The van der Waals surface area contributed by atoms with E-state index in [1.807, 2.05) is 10.6 Å². The van der Waals surface area contributed by atoms with Crippen LogP contribution < -0.4 is 4.74 Å². The van der Waals surface area contributed by atoms with Crippen molar-refractivity contribution < 1.29 is 27.8 Å². The van der Waals surface area contributed by atoms with Gasteiger partial charge in [0.15, 0.2) is 0 Å². The van der Waals surface area contributed by atoms with Gasteiger partial charge in [-0.2, -0.15) is 0 Å². The van der Waals surface area contributed by atoms with E-state index < -0.39 is 17.6 Å². The van der Waals surface area contributed by atoms with E-state index in [0.29, 0.717) is 40.2 Å². The van der Waals surface area contributed by atoms with Gasteiger partial charge >= 0.3 is 5.97 Å². The number of imidazole rings is 1. The second-order valence-corrected chi connectivity index (χ2v) is 10.7. The normalized spacial score (nSPS) is 14.5. The highest BCUT2D eigenvalue weighted by molar-refractivity contribution is 9.10. The number of benzene rings is 2. The summed E-state index contributed by atoms with van der Waals surface area (Å²) in [5.74, 6) is -0.870. The molecule has 0 spiro atoms. The van der Waals surface area contributed by atoms with Crippen molar-refractivity contribution >= 4 is 32.9 Å². The van der Waals surface area contributed by atoms with Crippen LogP contribution in [-0.4, -0.2) is 45.3 Å². The Labute approximate surface area is 248 Å². The molecular formula is C31H25BrF2N4O4. The van der Waals surface area contributed by atoms with Crippen LogP contribution in [0.25, 0.3) is 22.3 Å². The zero-order valence-electron chi connectivity index (χ0n) is 22.5. The van der Waals surface area contributed by atoms with E-state index in [4.69, 9.17) is 14.2 Å². The Morgan fingerprint density at radius 2 is 1.95 bits per heavy atom.